The number of nitrogens with one attached hydrogen (secondary N) is 1. The first kappa shape index (κ1) is 12.1. The molecule has 2 unspecified atom stereocenters. The van der Waals surface area contributed by atoms with Gasteiger partial charge in [-0.3, -0.25) is 0 Å². The van der Waals surface area contributed by atoms with Crippen LogP contribution in [0.2, 0.25) is 0 Å². The summed E-state index contributed by atoms with van der Waals surface area (Å²) in [5.41, 5.74) is 7.29. The number of piperidine rings is 1. The molecule has 1 aromatic rings. The van der Waals surface area contributed by atoms with E-state index in [0.717, 1.165) is 0 Å². The lowest BCUT2D eigenvalue weighted by Crippen LogP contribution is -2.67. The van der Waals surface area contributed by atoms with Gasteiger partial charge in [0.1, 0.15) is 5.88 Å². The summed E-state index contributed by atoms with van der Waals surface area (Å²) < 4.78 is 4.75. The van der Waals surface area contributed by atoms with Gasteiger partial charge in [0.05, 0.1) is 16.9 Å². The van der Waals surface area contributed by atoms with Gasteiger partial charge in [0, 0.05) is 0 Å². The second-order valence-electron chi connectivity index (χ2n) is 4.00. The highest BCUT2D eigenvalue weighted by Gasteiger charge is 2.32. The van der Waals surface area contributed by atoms with Crippen LogP contribution in [0.1, 0.15) is 33.1 Å². The van der Waals surface area contributed by atoms with Crippen LogP contribution in [0.25, 0.3) is 5.73 Å². The Bertz CT molecular complexity index is 307. The molecule has 0 radical (unpaired) electrons. The maximum Gasteiger partial charge on any atom is 0.256 e. The summed E-state index contributed by atoms with van der Waals surface area (Å²) in [6, 6.07) is 0.932. The van der Waals surface area contributed by atoms with E-state index < -0.39 is 0 Å². The maximum absolute atomic E-state index is 7.29. The molecule has 1 aliphatic rings. The average molecular weight is 233 g/mol. The van der Waals surface area contributed by atoms with Crippen molar-refractivity contribution in [1.29, 1.82) is 0 Å². The molecule has 86 valence electrons. The molecule has 2 heterocycles. The molecule has 6 heteroatoms. The summed E-state index contributed by atoms with van der Waals surface area (Å²) in [6.45, 7) is 4.36. The molecule has 0 bridgehead atoms. The van der Waals surface area contributed by atoms with E-state index in [0.29, 0.717) is 12.1 Å². The minimum atomic E-state index is 0. The van der Waals surface area contributed by atoms with Crippen molar-refractivity contribution in [1.82, 2.24) is 5.27 Å². The van der Waals surface area contributed by atoms with Crippen molar-refractivity contribution in [3.63, 3.8) is 0 Å². The van der Waals surface area contributed by atoms with Gasteiger partial charge in [-0.2, -0.15) is 0 Å². The summed E-state index contributed by atoms with van der Waals surface area (Å²) in [5.74, 6) is 0.106. The zero-order valence-electron chi connectivity index (χ0n) is 9.01. The van der Waals surface area contributed by atoms with Crippen LogP contribution >= 0.6 is 12.4 Å². The summed E-state index contributed by atoms with van der Waals surface area (Å²) in [4.78, 5) is 1.66. The Hall–Kier alpha value is -0.970. The van der Waals surface area contributed by atoms with Crippen molar-refractivity contribution in [2.75, 3.05) is 5.01 Å². The fourth-order valence-electron chi connectivity index (χ4n) is 2.16. The molecule has 5 nitrogen and oxygen atoms in total. The molecule has 1 aliphatic heterocycles. The largest absolute Gasteiger partial charge is 0.660 e. The van der Waals surface area contributed by atoms with Crippen molar-refractivity contribution in [2.45, 2.75) is 45.2 Å². The Labute approximate surface area is 95.6 Å². The van der Waals surface area contributed by atoms with Crippen LogP contribution in [0, 0.1) is 0 Å². The lowest BCUT2D eigenvalue weighted by Gasteiger charge is -2.31. The van der Waals surface area contributed by atoms with Gasteiger partial charge in [-0.25, -0.2) is 0 Å². The topological polar surface area (TPSA) is 57.0 Å². The third-order valence-corrected chi connectivity index (χ3v) is 2.84. The minimum absolute atomic E-state index is 0. The van der Waals surface area contributed by atoms with Gasteiger partial charge in [0.25, 0.3) is 6.20 Å². The first-order valence-corrected chi connectivity index (χ1v) is 5.07. The first-order valence-electron chi connectivity index (χ1n) is 5.07. The molecule has 1 aromatic heterocycles. The van der Waals surface area contributed by atoms with E-state index in [1.807, 2.05) is 0 Å². The molecular formula is C9H17ClN4O. The summed E-state index contributed by atoms with van der Waals surface area (Å²) >= 11 is 0. The molecular weight excluding hydrogens is 216 g/mol. The summed E-state index contributed by atoms with van der Waals surface area (Å²) in [6.07, 6.45) is 5.23. The maximum atomic E-state index is 7.29. The Balaban J connectivity index is 0.00000112. The van der Waals surface area contributed by atoms with Crippen LogP contribution in [-0.2, 0) is 0 Å². The Morgan fingerprint density at radius 2 is 2.07 bits per heavy atom. The van der Waals surface area contributed by atoms with Crippen LogP contribution in [0.15, 0.2) is 10.7 Å². The van der Waals surface area contributed by atoms with Gasteiger partial charge in [-0.1, -0.05) is 0 Å². The Morgan fingerprint density at radius 1 is 1.47 bits per heavy atom. The van der Waals surface area contributed by atoms with Gasteiger partial charge in [0.15, 0.2) is 0 Å². The third kappa shape index (κ3) is 2.34. The van der Waals surface area contributed by atoms with Crippen LogP contribution < -0.4 is 9.80 Å². The lowest BCUT2D eigenvalue weighted by molar-refractivity contribution is -0.765. The molecule has 0 aromatic carbocycles. The molecule has 0 amide bonds. The summed E-state index contributed by atoms with van der Waals surface area (Å²) in [5, 5.41) is 5.99. The zero-order valence-corrected chi connectivity index (χ0v) is 9.83. The lowest BCUT2D eigenvalue weighted by atomic mass is 10.00. The van der Waals surface area contributed by atoms with E-state index >= 15 is 0 Å². The predicted octanol–water partition coefficient (Wildman–Crippen LogP) is 1.97. The highest BCUT2D eigenvalue weighted by atomic mass is 35.5. The number of nitrogens with zero attached hydrogens (tertiary/aromatic N) is 3. The second-order valence-corrected chi connectivity index (χ2v) is 4.00. The van der Waals surface area contributed by atoms with E-state index in [4.69, 9.17) is 10.3 Å². The van der Waals surface area contributed by atoms with Crippen LogP contribution in [-0.4, -0.2) is 17.4 Å². The average Bonchev–Trinajstić information content (AvgIpc) is 2.51. The predicted molar refractivity (Wildman–Crippen MR) is 58.9 cm³/mol. The van der Waals surface area contributed by atoms with Crippen molar-refractivity contribution < 1.29 is 9.31 Å². The quantitative estimate of drug-likeness (QED) is 0.696. The Kier molecular flexibility index (Phi) is 3.79. The van der Waals surface area contributed by atoms with Gasteiger partial charge < -0.3 is 10.3 Å². The molecule has 2 atom stereocenters. The van der Waals surface area contributed by atoms with Gasteiger partial charge in [0.2, 0.25) is 5.27 Å². The number of rotatable bonds is 1. The van der Waals surface area contributed by atoms with E-state index in [-0.39, 0.29) is 18.3 Å². The number of hydrogen-bond donors (Lipinski definition) is 0. The van der Waals surface area contributed by atoms with Crippen LogP contribution in [0.5, 0.6) is 0 Å². The van der Waals surface area contributed by atoms with Crippen molar-refractivity contribution in [3.8, 4) is 0 Å². The fourth-order valence-corrected chi connectivity index (χ4v) is 2.16. The first-order chi connectivity index (χ1) is 6.68. The summed E-state index contributed by atoms with van der Waals surface area (Å²) in [7, 11) is 0. The highest BCUT2D eigenvalue weighted by molar-refractivity contribution is 5.85. The van der Waals surface area contributed by atoms with E-state index in [9.17, 15) is 0 Å². The highest BCUT2D eigenvalue weighted by Crippen LogP contribution is 2.18. The van der Waals surface area contributed by atoms with Gasteiger partial charge in [-0.15, -0.1) is 17.4 Å². The van der Waals surface area contributed by atoms with E-state index in [2.05, 4.69) is 24.1 Å². The molecule has 0 aliphatic carbocycles. The number of halogens is 1. The third-order valence-electron chi connectivity index (χ3n) is 2.84. The fraction of sp³-hybridized carbons (Fsp3) is 0.778. The molecule has 15 heavy (non-hydrogen) atoms. The minimum Gasteiger partial charge on any atom is -0.660 e. The van der Waals surface area contributed by atoms with Crippen molar-refractivity contribution in [3.05, 3.63) is 11.9 Å². The second kappa shape index (κ2) is 4.70. The number of hydrogen-bond acceptors (Lipinski definition) is 3. The van der Waals surface area contributed by atoms with Crippen LogP contribution in [0.4, 0.5) is 5.88 Å². The van der Waals surface area contributed by atoms with E-state index in [1.165, 1.54) is 19.3 Å². The zero-order chi connectivity index (χ0) is 10.1. The monoisotopic (exact) mass is 232 g/mol. The normalized spacial score (nSPS) is 26.1. The van der Waals surface area contributed by atoms with Crippen LogP contribution in [0.3, 0.4) is 0 Å². The van der Waals surface area contributed by atoms with Crippen molar-refractivity contribution in [2.24, 2.45) is 0 Å². The van der Waals surface area contributed by atoms with Gasteiger partial charge >= 0.3 is 0 Å². The molecule has 2 rings (SSSR count). The molecule has 0 spiro atoms. The van der Waals surface area contributed by atoms with Crippen molar-refractivity contribution >= 4 is 18.3 Å². The molecule has 1 N–H and O–H groups in total. The van der Waals surface area contributed by atoms with E-state index in [1.54, 1.807) is 11.0 Å². The Morgan fingerprint density at radius 3 is 2.53 bits per heavy atom. The molecule has 0 saturated carbocycles. The SMILES string of the molecule is CC1CCCC(C)N1[n+]1cc([NH-])on1.Cl. The van der Waals surface area contributed by atoms with Gasteiger partial charge in [-0.05, 0) is 33.1 Å². The smallest absolute Gasteiger partial charge is 0.256 e. The number of aromatic nitrogens is 2. The molecule has 1 saturated heterocycles. The standard InChI is InChI=1S/C9H16N4O.ClH/c1-7-4-3-5-8(2)13(7)12-6-9(10)14-11-12;/h6-8,10H,3-5H2,1-2H3;1H. The molecule has 1 fully saturated rings.